The monoisotopic (exact) mass is 483 g/mol. The lowest BCUT2D eigenvalue weighted by molar-refractivity contribution is -0.138. The van der Waals surface area contributed by atoms with Crippen molar-refractivity contribution < 1.29 is 31.1 Å². The van der Waals surface area contributed by atoms with Gasteiger partial charge in [-0.3, -0.25) is 5.32 Å². The van der Waals surface area contributed by atoms with Crippen LogP contribution in [0.3, 0.4) is 0 Å². The summed E-state index contributed by atoms with van der Waals surface area (Å²) in [5.74, 6) is -5.45. The molecule has 2 aromatic rings. The molecule has 4 nitrogen and oxygen atoms in total. The first-order chi connectivity index (χ1) is 13.1. The van der Waals surface area contributed by atoms with Gasteiger partial charge >= 0.3 is 6.18 Å². The number of aliphatic imine (C=N–C) groups is 1. The van der Waals surface area contributed by atoms with Gasteiger partial charge in [0, 0.05) is 6.07 Å². The third-order valence-electron chi connectivity index (χ3n) is 3.12. The van der Waals surface area contributed by atoms with Crippen LogP contribution in [0.15, 0.2) is 33.7 Å². The molecule has 0 saturated carbocycles. The Morgan fingerprint density at radius 1 is 1.14 bits per heavy atom. The van der Waals surface area contributed by atoms with Crippen LogP contribution < -0.4 is 10.1 Å². The number of nitrogens with zero attached hydrogens (tertiary/aromatic N) is 2. The minimum atomic E-state index is -4.94. The average molecular weight is 484 g/mol. The second kappa shape index (κ2) is 8.74. The molecule has 0 aliphatic heterocycles. The number of nitrogens with one attached hydrogen (secondary N) is 1. The van der Waals surface area contributed by atoms with E-state index in [9.17, 15) is 26.3 Å². The van der Waals surface area contributed by atoms with Crippen LogP contribution in [-0.4, -0.2) is 11.4 Å². The standard InChI is InChI=1S/C16H8BrF6N3OS/c1-28-15(25-6-24)26-12-5-13(8(17)4-9(12)18)27-14-10(19)2-7(3-11(14)20)16(21,22)23/h2-5H,1H3,(H,25,26). The van der Waals surface area contributed by atoms with E-state index < -0.39 is 34.9 Å². The molecular formula is C16H8BrF6N3OS. The summed E-state index contributed by atoms with van der Waals surface area (Å²) < 4.78 is 84.8. The van der Waals surface area contributed by atoms with Crippen LogP contribution in [0, 0.1) is 28.9 Å². The van der Waals surface area contributed by atoms with E-state index in [0.29, 0.717) is 0 Å². The van der Waals surface area contributed by atoms with Gasteiger partial charge in [-0.15, -0.1) is 0 Å². The zero-order valence-corrected chi connectivity index (χ0v) is 16.1. The van der Waals surface area contributed by atoms with E-state index in [1.54, 1.807) is 12.4 Å². The van der Waals surface area contributed by atoms with Crippen molar-refractivity contribution in [3.8, 4) is 17.7 Å². The first-order valence-electron chi connectivity index (χ1n) is 7.07. The van der Waals surface area contributed by atoms with E-state index in [1.807, 2.05) is 0 Å². The molecule has 0 aliphatic carbocycles. The number of halogens is 7. The van der Waals surface area contributed by atoms with Gasteiger partial charge in [0.05, 0.1) is 10.0 Å². The lowest BCUT2D eigenvalue weighted by Crippen LogP contribution is -2.12. The molecule has 0 amide bonds. The predicted molar refractivity (Wildman–Crippen MR) is 94.9 cm³/mol. The largest absolute Gasteiger partial charge is 0.450 e. The van der Waals surface area contributed by atoms with Gasteiger partial charge in [0.1, 0.15) is 17.3 Å². The van der Waals surface area contributed by atoms with E-state index in [0.717, 1.165) is 23.9 Å². The quantitative estimate of drug-likeness (QED) is 0.188. The maximum absolute atomic E-state index is 14.1. The number of nitriles is 1. The summed E-state index contributed by atoms with van der Waals surface area (Å²) in [4.78, 5) is 3.83. The van der Waals surface area contributed by atoms with Gasteiger partial charge < -0.3 is 4.74 Å². The van der Waals surface area contributed by atoms with Crippen molar-refractivity contribution in [3.63, 3.8) is 0 Å². The zero-order valence-electron chi connectivity index (χ0n) is 13.7. The van der Waals surface area contributed by atoms with Crippen LogP contribution >= 0.6 is 27.7 Å². The molecule has 0 fully saturated rings. The summed E-state index contributed by atoms with van der Waals surface area (Å²) in [7, 11) is 0. The third kappa shape index (κ3) is 5.11. The van der Waals surface area contributed by atoms with Gasteiger partial charge in [0.2, 0.25) is 0 Å². The maximum atomic E-state index is 14.1. The fourth-order valence-corrected chi connectivity index (χ4v) is 2.63. The van der Waals surface area contributed by atoms with Gasteiger partial charge in [0.15, 0.2) is 28.7 Å². The second-order valence-corrected chi connectivity index (χ2v) is 6.61. The Morgan fingerprint density at radius 2 is 1.75 bits per heavy atom. The minimum Gasteiger partial charge on any atom is -0.450 e. The van der Waals surface area contributed by atoms with Crippen LogP contribution in [0.25, 0.3) is 0 Å². The summed E-state index contributed by atoms with van der Waals surface area (Å²) in [6, 6.07) is 2.01. The highest BCUT2D eigenvalue weighted by Gasteiger charge is 2.33. The summed E-state index contributed by atoms with van der Waals surface area (Å²) >= 11 is 3.93. The third-order valence-corrected chi connectivity index (χ3v) is 4.32. The van der Waals surface area contributed by atoms with Gasteiger partial charge in [0.25, 0.3) is 0 Å². The first kappa shape index (κ1) is 21.9. The summed E-state index contributed by atoms with van der Waals surface area (Å²) in [6.07, 6.45) is -1.78. The molecule has 0 radical (unpaired) electrons. The molecule has 0 spiro atoms. The molecular weight excluding hydrogens is 476 g/mol. The molecule has 0 unspecified atom stereocenters. The molecule has 0 aromatic heterocycles. The van der Waals surface area contributed by atoms with E-state index in [-0.39, 0.29) is 33.2 Å². The molecule has 148 valence electrons. The number of hydrogen-bond donors (Lipinski definition) is 1. The van der Waals surface area contributed by atoms with Crippen molar-refractivity contribution in [2.75, 3.05) is 6.26 Å². The van der Waals surface area contributed by atoms with Crippen LogP contribution in [-0.2, 0) is 6.18 Å². The Balaban J connectivity index is 2.48. The van der Waals surface area contributed by atoms with E-state index in [1.165, 1.54) is 0 Å². The van der Waals surface area contributed by atoms with E-state index in [4.69, 9.17) is 10.00 Å². The van der Waals surface area contributed by atoms with Gasteiger partial charge in [-0.2, -0.15) is 18.4 Å². The zero-order chi connectivity index (χ0) is 21.1. The van der Waals surface area contributed by atoms with Crippen molar-refractivity contribution in [2.24, 2.45) is 4.99 Å². The number of benzene rings is 2. The highest BCUT2D eigenvalue weighted by atomic mass is 79.9. The SMILES string of the molecule is CSC(=Nc1cc(Oc2c(F)cc(C(F)(F)F)cc2F)c(Br)cc1F)NC#N. The average Bonchev–Trinajstić information content (AvgIpc) is 2.59. The topological polar surface area (TPSA) is 57.4 Å². The number of amidine groups is 1. The van der Waals surface area contributed by atoms with Crippen molar-refractivity contribution in [2.45, 2.75) is 6.18 Å². The van der Waals surface area contributed by atoms with Gasteiger partial charge in [-0.1, -0.05) is 11.8 Å². The number of rotatable bonds is 3. The molecule has 1 N–H and O–H groups in total. The highest BCUT2D eigenvalue weighted by Crippen LogP contribution is 2.39. The smallest absolute Gasteiger partial charge is 0.416 e. The predicted octanol–water partition coefficient (Wildman–Crippen LogP) is 6.10. The van der Waals surface area contributed by atoms with Crippen molar-refractivity contribution >= 4 is 38.5 Å². The summed E-state index contributed by atoms with van der Waals surface area (Å²) in [6.45, 7) is 0. The lowest BCUT2D eigenvalue weighted by Gasteiger charge is -2.13. The molecule has 28 heavy (non-hydrogen) atoms. The normalized spacial score (nSPS) is 11.9. The summed E-state index contributed by atoms with van der Waals surface area (Å²) in [5, 5.41) is 10.8. The molecule has 0 bridgehead atoms. The van der Waals surface area contributed by atoms with Crippen molar-refractivity contribution in [1.29, 1.82) is 5.26 Å². The van der Waals surface area contributed by atoms with Crippen molar-refractivity contribution in [3.05, 3.63) is 51.8 Å². The Kier molecular flexibility index (Phi) is 6.84. The van der Waals surface area contributed by atoms with E-state index >= 15 is 0 Å². The number of hydrogen-bond acceptors (Lipinski definition) is 4. The molecule has 0 atom stereocenters. The molecule has 0 saturated heterocycles. The fraction of sp³-hybridized carbons (Fsp3) is 0.125. The van der Waals surface area contributed by atoms with Crippen LogP contribution in [0.4, 0.5) is 32.0 Å². The van der Waals surface area contributed by atoms with Crippen LogP contribution in [0.2, 0.25) is 0 Å². The first-order valence-corrected chi connectivity index (χ1v) is 9.09. The Labute approximate surface area is 167 Å². The summed E-state index contributed by atoms with van der Waals surface area (Å²) in [5.41, 5.74) is -1.86. The molecule has 2 aromatic carbocycles. The molecule has 2 rings (SSSR count). The Morgan fingerprint density at radius 3 is 2.25 bits per heavy atom. The number of alkyl halides is 3. The van der Waals surface area contributed by atoms with Crippen molar-refractivity contribution in [1.82, 2.24) is 5.32 Å². The second-order valence-electron chi connectivity index (χ2n) is 4.96. The molecule has 12 heteroatoms. The highest BCUT2D eigenvalue weighted by molar-refractivity contribution is 9.10. The molecule has 0 heterocycles. The van der Waals surface area contributed by atoms with Gasteiger partial charge in [-0.25, -0.2) is 18.2 Å². The Bertz CT molecular complexity index is 951. The number of ether oxygens (including phenoxy) is 1. The molecule has 0 aliphatic rings. The minimum absolute atomic E-state index is 0.0292. The van der Waals surface area contributed by atoms with Gasteiger partial charge in [-0.05, 0) is 40.4 Å². The lowest BCUT2D eigenvalue weighted by atomic mass is 10.2. The Hall–Kier alpha value is -2.39. The van der Waals surface area contributed by atoms with Crippen LogP contribution in [0.1, 0.15) is 5.56 Å². The maximum Gasteiger partial charge on any atom is 0.416 e. The number of thioether (sulfide) groups is 1. The fourth-order valence-electron chi connectivity index (χ4n) is 1.90. The van der Waals surface area contributed by atoms with E-state index in [2.05, 4.69) is 26.2 Å². The van der Waals surface area contributed by atoms with Crippen LogP contribution in [0.5, 0.6) is 11.5 Å².